The Labute approximate surface area is 247 Å². The van der Waals surface area contributed by atoms with E-state index in [2.05, 4.69) is 103 Å². The standard InChI is InChI=1S/C32H20N6S.Pd/c1-2-11-25-21(8-1)20-34-38(25)23-10-7-9-22(18-23)36-26-12-3-4-13-27(26)37-30(36)19-24-31-28(39-32(24)37)15-17-35(31)29-14-5-6-16-33-29;/h1-14,16,20H,15,17H2;/q-2;+2. The van der Waals surface area contributed by atoms with Crippen molar-refractivity contribution >= 4 is 60.6 Å². The number of hydrogen-bond acceptors (Lipinski definition) is 4. The van der Waals surface area contributed by atoms with Crippen molar-refractivity contribution < 1.29 is 20.4 Å². The van der Waals surface area contributed by atoms with Gasteiger partial charge in [-0.25, -0.2) is 16.3 Å². The Bertz CT molecular complexity index is 2200. The van der Waals surface area contributed by atoms with Gasteiger partial charge in [0.05, 0.1) is 22.7 Å². The zero-order valence-corrected chi connectivity index (χ0v) is 23.4. The summed E-state index contributed by atoms with van der Waals surface area (Å²) < 4.78 is 6.58. The van der Waals surface area contributed by atoms with Gasteiger partial charge in [0.25, 0.3) is 0 Å². The number of imidazole rings is 1. The van der Waals surface area contributed by atoms with Crippen molar-refractivity contribution in [2.24, 2.45) is 0 Å². The monoisotopic (exact) mass is 626 g/mol. The second kappa shape index (κ2) is 8.90. The maximum absolute atomic E-state index is 4.67. The van der Waals surface area contributed by atoms with Crippen LogP contribution >= 0.6 is 11.3 Å². The van der Waals surface area contributed by atoms with Gasteiger partial charge in [-0.3, -0.25) is 4.68 Å². The summed E-state index contributed by atoms with van der Waals surface area (Å²) in [7, 11) is 0. The molecule has 194 valence electrons. The zero-order valence-electron chi connectivity index (χ0n) is 21.1. The minimum Gasteiger partial charge on any atom is -0.378 e. The third kappa shape index (κ3) is 3.24. The van der Waals surface area contributed by atoms with Gasteiger partial charge in [-0.15, -0.1) is 29.7 Å². The van der Waals surface area contributed by atoms with Gasteiger partial charge in [-0.1, -0.05) is 42.1 Å². The molecular weight excluding hydrogens is 607 g/mol. The molecule has 6 heterocycles. The topological polar surface area (TPSA) is 43.3 Å². The van der Waals surface area contributed by atoms with Crippen molar-refractivity contribution in [3.05, 3.63) is 114 Å². The van der Waals surface area contributed by atoms with E-state index in [4.69, 9.17) is 0 Å². The third-order valence-electron chi connectivity index (χ3n) is 7.63. The first kappa shape index (κ1) is 23.7. The van der Waals surface area contributed by atoms with E-state index in [-0.39, 0.29) is 20.4 Å². The van der Waals surface area contributed by atoms with Crippen LogP contribution in [0.1, 0.15) is 4.88 Å². The first-order valence-corrected chi connectivity index (χ1v) is 13.8. The molecule has 8 heteroatoms. The molecule has 0 spiro atoms. The number of nitrogens with zero attached hydrogens (tertiary/aromatic N) is 6. The van der Waals surface area contributed by atoms with E-state index in [9.17, 15) is 0 Å². The number of anilines is 2. The summed E-state index contributed by atoms with van der Waals surface area (Å²) >= 11 is 1.87. The van der Waals surface area contributed by atoms with Crippen LogP contribution in [-0.2, 0) is 26.8 Å². The van der Waals surface area contributed by atoms with E-state index in [1.165, 1.54) is 15.4 Å². The number of rotatable bonds is 3. The fourth-order valence-electron chi connectivity index (χ4n) is 5.96. The van der Waals surface area contributed by atoms with E-state index < -0.39 is 0 Å². The van der Waals surface area contributed by atoms with Gasteiger partial charge in [0.15, 0.2) is 0 Å². The molecule has 1 aliphatic rings. The van der Waals surface area contributed by atoms with Crippen molar-refractivity contribution in [2.45, 2.75) is 6.42 Å². The van der Waals surface area contributed by atoms with Crippen LogP contribution in [0.2, 0.25) is 0 Å². The molecule has 40 heavy (non-hydrogen) atoms. The van der Waals surface area contributed by atoms with Crippen LogP contribution in [-0.4, -0.2) is 30.3 Å². The molecule has 8 aromatic rings. The Morgan fingerprint density at radius 3 is 2.45 bits per heavy atom. The second-order valence-electron chi connectivity index (χ2n) is 9.79. The number of para-hydroxylation sites is 3. The van der Waals surface area contributed by atoms with Crippen LogP contribution in [0, 0.1) is 12.1 Å². The Morgan fingerprint density at radius 1 is 0.775 bits per heavy atom. The quantitative estimate of drug-likeness (QED) is 0.155. The van der Waals surface area contributed by atoms with Crippen molar-refractivity contribution in [3.63, 3.8) is 0 Å². The molecule has 0 saturated heterocycles. The molecular formula is C32H20N6PdS. The summed E-state index contributed by atoms with van der Waals surface area (Å²) in [5, 5.41) is 6.93. The summed E-state index contributed by atoms with van der Waals surface area (Å²) in [4.78, 5) is 9.61. The van der Waals surface area contributed by atoms with Crippen LogP contribution in [0.3, 0.4) is 0 Å². The maximum Gasteiger partial charge on any atom is 2.00 e. The summed E-state index contributed by atoms with van der Waals surface area (Å²) in [6.45, 7) is 0.941. The van der Waals surface area contributed by atoms with Gasteiger partial charge in [-0.05, 0) is 57.8 Å². The summed E-state index contributed by atoms with van der Waals surface area (Å²) in [6, 6.07) is 36.7. The summed E-state index contributed by atoms with van der Waals surface area (Å²) in [5.41, 5.74) is 7.46. The van der Waals surface area contributed by atoms with Gasteiger partial charge in [-0.2, -0.15) is 11.2 Å². The van der Waals surface area contributed by atoms with Gasteiger partial charge in [0.2, 0.25) is 0 Å². The molecule has 0 saturated carbocycles. The molecule has 0 bridgehead atoms. The van der Waals surface area contributed by atoms with E-state index in [1.54, 1.807) is 0 Å². The molecule has 0 radical (unpaired) electrons. The Kier molecular flexibility index (Phi) is 5.26. The van der Waals surface area contributed by atoms with Crippen LogP contribution in [0.25, 0.3) is 49.2 Å². The van der Waals surface area contributed by atoms with E-state index in [1.807, 2.05) is 46.6 Å². The molecule has 5 aromatic heterocycles. The summed E-state index contributed by atoms with van der Waals surface area (Å²) in [5.74, 6) is 0.987. The molecule has 3 aromatic carbocycles. The SMILES string of the molecule is [Pd+2].[c-]1c(-n2ncc3ccccc32)cccc1-n1c2ccccc2n2c3sc4c(c3[c-]c12)N(c1ccccn1)CC4. The maximum atomic E-state index is 4.67. The smallest absolute Gasteiger partial charge is 0.378 e. The molecule has 6 nitrogen and oxygen atoms in total. The Hall–Kier alpha value is -4.22. The largest absolute Gasteiger partial charge is 2.00 e. The molecule has 0 fully saturated rings. The first-order valence-electron chi connectivity index (χ1n) is 13.0. The Balaban J connectivity index is 0.00000245. The number of aromatic nitrogens is 5. The number of benzene rings is 3. The normalized spacial score (nSPS) is 13.1. The summed E-state index contributed by atoms with van der Waals surface area (Å²) in [6.07, 6.45) is 4.79. The molecule has 9 rings (SSSR count). The molecule has 0 N–H and O–H groups in total. The fraction of sp³-hybridized carbons (Fsp3) is 0.0625. The molecule has 0 aliphatic carbocycles. The van der Waals surface area contributed by atoms with Crippen molar-refractivity contribution in [1.29, 1.82) is 0 Å². The van der Waals surface area contributed by atoms with Crippen LogP contribution < -0.4 is 4.90 Å². The predicted molar refractivity (Wildman–Crippen MR) is 157 cm³/mol. The minimum absolute atomic E-state index is 0. The minimum atomic E-state index is 0. The van der Waals surface area contributed by atoms with Crippen LogP contribution in [0.4, 0.5) is 11.5 Å². The van der Waals surface area contributed by atoms with E-state index in [0.29, 0.717) is 0 Å². The molecule has 0 amide bonds. The van der Waals surface area contributed by atoms with Gasteiger partial charge in [0, 0.05) is 23.8 Å². The van der Waals surface area contributed by atoms with E-state index in [0.717, 1.165) is 63.1 Å². The second-order valence-corrected chi connectivity index (χ2v) is 10.9. The predicted octanol–water partition coefficient (Wildman–Crippen LogP) is 7.12. The fourth-order valence-corrected chi connectivity index (χ4v) is 7.22. The molecule has 1 aliphatic heterocycles. The number of thiophene rings is 1. The zero-order chi connectivity index (χ0) is 25.5. The van der Waals surface area contributed by atoms with E-state index >= 15 is 0 Å². The van der Waals surface area contributed by atoms with Crippen molar-refractivity contribution in [2.75, 3.05) is 11.4 Å². The third-order valence-corrected chi connectivity index (χ3v) is 8.85. The number of hydrogen-bond donors (Lipinski definition) is 0. The first-order chi connectivity index (χ1) is 19.3. The molecule has 0 unspecified atom stereocenters. The average molecular weight is 627 g/mol. The van der Waals surface area contributed by atoms with Crippen LogP contribution in [0.5, 0.6) is 0 Å². The Morgan fingerprint density at radius 2 is 1.57 bits per heavy atom. The van der Waals surface area contributed by atoms with Crippen molar-refractivity contribution in [1.82, 2.24) is 23.7 Å². The average Bonchev–Trinajstić information content (AvgIpc) is 3.78. The van der Waals surface area contributed by atoms with Crippen LogP contribution in [0.15, 0.2) is 97.3 Å². The number of fused-ring (bicyclic) bond motifs is 8. The molecule has 0 atom stereocenters. The number of pyridine rings is 1. The van der Waals surface area contributed by atoms with Gasteiger partial charge < -0.3 is 13.9 Å². The van der Waals surface area contributed by atoms with Gasteiger partial charge >= 0.3 is 20.4 Å². The van der Waals surface area contributed by atoms with Gasteiger partial charge in [0.1, 0.15) is 5.82 Å². The van der Waals surface area contributed by atoms with Crippen molar-refractivity contribution in [3.8, 4) is 11.4 Å².